The Bertz CT molecular complexity index is 943. The largest absolute Gasteiger partial charge is 0.496 e. The summed E-state index contributed by atoms with van der Waals surface area (Å²) in [5.74, 6) is 2.21. The molecule has 0 atom stereocenters. The molecule has 0 aliphatic heterocycles. The Kier molecular flexibility index (Phi) is 7.79. The van der Waals surface area contributed by atoms with E-state index in [9.17, 15) is 0 Å². The topological polar surface area (TPSA) is 18.5 Å². The number of methoxy groups -OCH3 is 2. The SMILES string of the molecule is CCc1cccc(CC)c1CCC(c1ccc(OC)c(C)c1)c1ccc(OC)c(C)c1. The van der Waals surface area contributed by atoms with Gasteiger partial charge in [0, 0.05) is 5.92 Å². The van der Waals surface area contributed by atoms with Crippen molar-refractivity contribution in [2.24, 2.45) is 0 Å². The quantitative estimate of drug-likeness (QED) is 0.367. The van der Waals surface area contributed by atoms with Gasteiger partial charge in [0.05, 0.1) is 14.2 Å². The first-order chi connectivity index (χ1) is 15.0. The van der Waals surface area contributed by atoms with Gasteiger partial charge in [-0.25, -0.2) is 0 Å². The van der Waals surface area contributed by atoms with Gasteiger partial charge in [0.2, 0.25) is 0 Å². The predicted molar refractivity (Wildman–Crippen MR) is 131 cm³/mol. The smallest absolute Gasteiger partial charge is 0.121 e. The second kappa shape index (κ2) is 10.5. The van der Waals surface area contributed by atoms with Gasteiger partial charge in [0.25, 0.3) is 0 Å². The molecule has 2 heteroatoms. The lowest BCUT2D eigenvalue weighted by atomic mass is 9.83. The van der Waals surface area contributed by atoms with Gasteiger partial charge in [-0.1, -0.05) is 56.3 Å². The Morgan fingerprint density at radius 2 is 1.19 bits per heavy atom. The van der Waals surface area contributed by atoms with Crippen molar-refractivity contribution in [2.75, 3.05) is 14.2 Å². The third-order valence-corrected chi connectivity index (χ3v) is 6.46. The van der Waals surface area contributed by atoms with Crippen molar-refractivity contribution in [1.82, 2.24) is 0 Å². The van der Waals surface area contributed by atoms with Crippen LogP contribution in [0.4, 0.5) is 0 Å². The van der Waals surface area contributed by atoms with Gasteiger partial charge in [-0.05, 0) is 90.6 Å². The van der Waals surface area contributed by atoms with Crippen LogP contribution in [0.5, 0.6) is 11.5 Å². The number of benzene rings is 3. The molecule has 3 aromatic rings. The highest BCUT2D eigenvalue weighted by Crippen LogP contribution is 2.35. The second-order valence-corrected chi connectivity index (χ2v) is 8.31. The van der Waals surface area contributed by atoms with Crippen molar-refractivity contribution in [3.8, 4) is 11.5 Å². The van der Waals surface area contributed by atoms with E-state index in [1.54, 1.807) is 14.2 Å². The number of hydrogen-bond acceptors (Lipinski definition) is 2. The molecular formula is C29H36O2. The molecule has 0 heterocycles. The van der Waals surface area contributed by atoms with E-state index < -0.39 is 0 Å². The van der Waals surface area contributed by atoms with E-state index in [1.807, 2.05) is 0 Å². The first kappa shape index (κ1) is 22.9. The maximum atomic E-state index is 5.51. The predicted octanol–water partition coefficient (Wildman–Crippen LogP) is 7.21. The molecule has 3 rings (SSSR count). The Morgan fingerprint density at radius 3 is 1.58 bits per heavy atom. The summed E-state index contributed by atoms with van der Waals surface area (Å²) in [6.07, 6.45) is 4.31. The van der Waals surface area contributed by atoms with Crippen molar-refractivity contribution in [1.29, 1.82) is 0 Å². The third kappa shape index (κ3) is 5.12. The highest BCUT2D eigenvalue weighted by Gasteiger charge is 2.18. The minimum Gasteiger partial charge on any atom is -0.496 e. The van der Waals surface area contributed by atoms with Crippen LogP contribution >= 0.6 is 0 Å². The van der Waals surface area contributed by atoms with Crippen LogP contribution in [0.2, 0.25) is 0 Å². The Morgan fingerprint density at radius 1 is 0.710 bits per heavy atom. The summed E-state index contributed by atoms with van der Waals surface area (Å²) in [5, 5.41) is 0. The summed E-state index contributed by atoms with van der Waals surface area (Å²) in [6, 6.07) is 20.0. The van der Waals surface area contributed by atoms with Crippen LogP contribution in [0.25, 0.3) is 0 Å². The van der Waals surface area contributed by atoms with Gasteiger partial charge in [-0.3, -0.25) is 0 Å². The zero-order chi connectivity index (χ0) is 22.4. The van der Waals surface area contributed by atoms with E-state index in [1.165, 1.54) is 38.9 Å². The van der Waals surface area contributed by atoms with Crippen molar-refractivity contribution >= 4 is 0 Å². The summed E-state index contributed by atoms with van der Waals surface area (Å²) >= 11 is 0. The summed E-state index contributed by atoms with van der Waals surface area (Å²) in [7, 11) is 3.47. The zero-order valence-corrected chi connectivity index (χ0v) is 19.9. The molecule has 0 N–H and O–H groups in total. The van der Waals surface area contributed by atoms with E-state index >= 15 is 0 Å². The summed E-state index contributed by atoms with van der Waals surface area (Å²) in [4.78, 5) is 0. The van der Waals surface area contributed by atoms with Gasteiger partial charge < -0.3 is 9.47 Å². The number of rotatable bonds is 9. The van der Waals surface area contributed by atoms with Gasteiger partial charge in [0.15, 0.2) is 0 Å². The van der Waals surface area contributed by atoms with Crippen LogP contribution < -0.4 is 9.47 Å². The molecule has 2 nitrogen and oxygen atoms in total. The average molecular weight is 417 g/mol. The minimum absolute atomic E-state index is 0.323. The highest BCUT2D eigenvalue weighted by atomic mass is 16.5. The normalized spacial score (nSPS) is 11.1. The van der Waals surface area contributed by atoms with Crippen molar-refractivity contribution < 1.29 is 9.47 Å². The van der Waals surface area contributed by atoms with Gasteiger partial charge >= 0.3 is 0 Å². The zero-order valence-electron chi connectivity index (χ0n) is 19.9. The number of hydrogen-bond donors (Lipinski definition) is 0. The fourth-order valence-electron chi connectivity index (χ4n) is 4.72. The first-order valence-electron chi connectivity index (χ1n) is 11.4. The van der Waals surface area contributed by atoms with Gasteiger partial charge in [-0.2, -0.15) is 0 Å². The lowest BCUT2D eigenvalue weighted by Crippen LogP contribution is -2.07. The van der Waals surface area contributed by atoms with E-state index in [4.69, 9.17) is 9.47 Å². The second-order valence-electron chi connectivity index (χ2n) is 8.31. The molecule has 0 aliphatic rings. The van der Waals surface area contributed by atoms with Crippen LogP contribution in [-0.4, -0.2) is 14.2 Å². The Balaban J connectivity index is 2.01. The van der Waals surface area contributed by atoms with Crippen molar-refractivity contribution in [2.45, 2.75) is 59.3 Å². The Labute approximate surface area is 188 Å². The molecule has 0 fully saturated rings. The maximum absolute atomic E-state index is 5.51. The highest BCUT2D eigenvalue weighted by molar-refractivity contribution is 5.45. The molecule has 0 radical (unpaired) electrons. The fraction of sp³-hybridized carbons (Fsp3) is 0.379. The molecule has 0 aliphatic carbocycles. The molecule has 0 aromatic heterocycles. The van der Waals surface area contributed by atoms with Gasteiger partial charge in [0.1, 0.15) is 11.5 Å². The van der Waals surface area contributed by atoms with Crippen molar-refractivity contribution in [3.05, 3.63) is 93.5 Å². The summed E-state index contributed by atoms with van der Waals surface area (Å²) < 4.78 is 11.0. The van der Waals surface area contributed by atoms with Crippen LogP contribution in [0, 0.1) is 13.8 Å². The molecule has 164 valence electrons. The number of aryl methyl sites for hydroxylation is 4. The van der Waals surface area contributed by atoms with Crippen molar-refractivity contribution in [3.63, 3.8) is 0 Å². The molecule has 0 saturated carbocycles. The summed E-state index contributed by atoms with van der Waals surface area (Å²) in [5.41, 5.74) is 9.54. The molecule has 31 heavy (non-hydrogen) atoms. The van der Waals surface area contributed by atoms with Crippen LogP contribution in [0.3, 0.4) is 0 Å². The maximum Gasteiger partial charge on any atom is 0.121 e. The van der Waals surface area contributed by atoms with E-state index in [2.05, 4.69) is 82.3 Å². The molecular weight excluding hydrogens is 380 g/mol. The third-order valence-electron chi connectivity index (χ3n) is 6.46. The molecule has 0 saturated heterocycles. The van der Waals surface area contributed by atoms with E-state index in [0.29, 0.717) is 5.92 Å². The van der Waals surface area contributed by atoms with Crippen LogP contribution in [0.1, 0.15) is 65.1 Å². The van der Waals surface area contributed by atoms with Gasteiger partial charge in [-0.15, -0.1) is 0 Å². The lowest BCUT2D eigenvalue weighted by Gasteiger charge is -2.22. The average Bonchev–Trinajstić information content (AvgIpc) is 2.79. The molecule has 0 spiro atoms. The molecule has 0 amide bonds. The van der Waals surface area contributed by atoms with Crippen LogP contribution in [0.15, 0.2) is 54.6 Å². The lowest BCUT2D eigenvalue weighted by molar-refractivity contribution is 0.411. The monoisotopic (exact) mass is 416 g/mol. The fourth-order valence-corrected chi connectivity index (χ4v) is 4.72. The summed E-state index contributed by atoms with van der Waals surface area (Å²) in [6.45, 7) is 8.77. The number of ether oxygens (including phenoxy) is 2. The van der Waals surface area contributed by atoms with E-state index in [-0.39, 0.29) is 0 Å². The van der Waals surface area contributed by atoms with Crippen LogP contribution in [-0.2, 0) is 19.3 Å². The minimum atomic E-state index is 0.323. The standard InChI is InChI=1S/C29H36O2/c1-7-22-10-9-11-23(8-2)26(22)14-15-27(24-12-16-28(30-5)20(3)18-24)25-13-17-29(31-6)21(4)19-25/h9-13,16-19,27H,7-8,14-15H2,1-6H3. The molecule has 3 aromatic carbocycles. The Hall–Kier alpha value is -2.74. The molecule has 0 bridgehead atoms. The first-order valence-corrected chi connectivity index (χ1v) is 11.4. The van der Waals surface area contributed by atoms with E-state index in [0.717, 1.165) is 37.2 Å². The molecule has 0 unspecified atom stereocenters.